The van der Waals surface area contributed by atoms with Crippen LogP contribution in [0, 0.1) is 0 Å². The highest BCUT2D eigenvalue weighted by Crippen LogP contribution is 2.29. The summed E-state index contributed by atoms with van der Waals surface area (Å²) >= 11 is 3.50. The van der Waals surface area contributed by atoms with Crippen LogP contribution in [0.25, 0.3) is 0 Å². The molecule has 0 aliphatic heterocycles. The van der Waals surface area contributed by atoms with Gasteiger partial charge in [0.15, 0.2) is 0 Å². The minimum atomic E-state index is -0.958. The lowest BCUT2D eigenvalue weighted by atomic mass is 9.84. The second kappa shape index (κ2) is 6.70. The van der Waals surface area contributed by atoms with Gasteiger partial charge in [-0.15, -0.1) is 0 Å². The van der Waals surface area contributed by atoms with Gasteiger partial charge in [-0.25, -0.2) is 0 Å². The first-order valence-corrected chi connectivity index (χ1v) is 6.86. The van der Waals surface area contributed by atoms with Gasteiger partial charge in [0, 0.05) is 22.9 Å². The summed E-state index contributed by atoms with van der Waals surface area (Å²) in [6.07, 6.45) is -0.122. The molecule has 19 heavy (non-hydrogen) atoms. The standard InChI is InChI=1S/C14H18BrNO3/c1-14(2,10-5-3-4-6-11(10)15)9-16-12(17)7-8-13(18)19/h3-6H,7-9H2,1-2H3,(H,16,17)(H,18,19). The van der Waals surface area contributed by atoms with Crippen molar-refractivity contribution in [2.24, 2.45) is 0 Å². The van der Waals surface area contributed by atoms with E-state index < -0.39 is 5.97 Å². The van der Waals surface area contributed by atoms with Crippen molar-refractivity contribution in [1.82, 2.24) is 5.32 Å². The molecule has 0 unspecified atom stereocenters. The fraction of sp³-hybridized carbons (Fsp3) is 0.429. The maximum absolute atomic E-state index is 11.5. The molecule has 0 bridgehead atoms. The molecule has 4 nitrogen and oxygen atoms in total. The van der Waals surface area contributed by atoms with Crippen molar-refractivity contribution in [3.05, 3.63) is 34.3 Å². The van der Waals surface area contributed by atoms with E-state index in [1.54, 1.807) is 0 Å². The summed E-state index contributed by atoms with van der Waals surface area (Å²) in [5, 5.41) is 11.3. The first kappa shape index (κ1) is 15.7. The van der Waals surface area contributed by atoms with Crippen LogP contribution in [0.5, 0.6) is 0 Å². The molecule has 5 heteroatoms. The van der Waals surface area contributed by atoms with E-state index in [2.05, 4.69) is 21.2 Å². The number of carbonyl (C=O) groups is 2. The number of carboxylic acids is 1. The molecule has 0 heterocycles. The number of amides is 1. The van der Waals surface area contributed by atoms with Crippen LogP contribution in [0.1, 0.15) is 32.3 Å². The topological polar surface area (TPSA) is 66.4 Å². The Balaban J connectivity index is 2.58. The molecule has 0 fully saturated rings. The van der Waals surface area contributed by atoms with Crippen LogP contribution in [-0.2, 0) is 15.0 Å². The van der Waals surface area contributed by atoms with Crippen molar-refractivity contribution < 1.29 is 14.7 Å². The van der Waals surface area contributed by atoms with E-state index in [4.69, 9.17) is 5.11 Å². The summed E-state index contributed by atoms with van der Waals surface area (Å²) in [5.41, 5.74) is 0.882. The molecule has 104 valence electrons. The highest BCUT2D eigenvalue weighted by atomic mass is 79.9. The molecule has 0 aromatic heterocycles. The van der Waals surface area contributed by atoms with Gasteiger partial charge in [0.2, 0.25) is 5.91 Å². The fourth-order valence-corrected chi connectivity index (χ4v) is 2.56. The van der Waals surface area contributed by atoms with Gasteiger partial charge < -0.3 is 10.4 Å². The molecule has 0 saturated heterocycles. The van der Waals surface area contributed by atoms with Gasteiger partial charge in [-0.1, -0.05) is 48.0 Å². The average molecular weight is 328 g/mol. The molecule has 1 amide bonds. The largest absolute Gasteiger partial charge is 0.481 e. The van der Waals surface area contributed by atoms with E-state index >= 15 is 0 Å². The van der Waals surface area contributed by atoms with Crippen LogP contribution in [-0.4, -0.2) is 23.5 Å². The SMILES string of the molecule is CC(C)(CNC(=O)CCC(=O)O)c1ccccc1Br. The summed E-state index contributed by atoms with van der Waals surface area (Å²) in [5.74, 6) is -1.19. The number of carbonyl (C=O) groups excluding carboxylic acids is 1. The van der Waals surface area contributed by atoms with Gasteiger partial charge in [0.25, 0.3) is 0 Å². The number of benzene rings is 1. The number of rotatable bonds is 6. The Morgan fingerprint density at radius 2 is 1.89 bits per heavy atom. The van der Waals surface area contributed by atoms with Crippen molar-refractivity contribution >= 4 is 27.8 Å². The second-order valence-electron chi connectivity index (χ2n) is 5.03. The second-order valence-corrected chi connectivity index (χ2v) is 5.89. The summed E-state index contributed by atoms with van der Waals surface area (Å²) in [7, 11) is 0. The van der Waals surface area contributed by atoms with Crippen molar-refractivity contribution in [3.8, 4) is 0 Å². The Kier molecular flexibility index (Phi) is 5.54. The summed E-state index contributed by atoms with van der Waals surface area (Å²) in [4.78, 5) is 21.9. The molecule has 0 saturated carbocycles. The molecule has 0 aliphatic rings. The Morgan fingerprint density at radius 3 is 2.47 bits per heavy atom. The number of halogens is 1. The quantitative estimate of drug-likeness (QED) is 0.844. The molecule has 0 radical (unpaired) electrons. The smallest absolute Gasteiger partial charge is 0.303 e. The van der Waals surface area contributed by atoms with Crippen LogP contribution < -0.4 is 5.32 Å². The van der Waals surface area contributed by atoms with Crippen molar-refractivity contribution in [1.29, 1.82) is 0 Å². The van der Waals surface area contributed by atoms with Gasteiger partial charge in [-0.05, 0) is 11.6 Å². The maximum Gasteiger partial charge on any atom is 0.303 e. The molecule has 0 aliphatic carbocycles. The predicted octanol–water partition coefficient (Wildman–Crippen LogP) is 2.71. The molecule has 0 spiro atoms. The summed E-state index contributed by atoms with van der Waals surface area (Å²) < 4.78 is 1.000. The fourth-order valence-electron chi connectivity index (χ4n) is 1.73. The minimum absolute atomic E-state index is 0.0153. The third kappa shape index (κ3) is 5.03. The van der Waals surface area contributed by atoms with E-state index in [0.29, 0.717) is 6.54 Å². The number of nitrogens with one attached hydrogen (secondary N) is 1. The highest BCUT2D eigenvalue weighted by Gasteiger charge is 2.23. The first-order chi connectivity index (χ1) is 8.83. The highest BCUT2D eigenvalue weighted by molar-refractivity contribution is 9.10. The third-order valence-corrected chi connectivity index (χ3v) is 3.59. The van der Waals surface area contributed by atoms with Gasteiger partial charge in [-0.3, -0.25) is 9.59 Å². The van der Waals surface area contributed by atoms with E-state index in [1.807, 2.05) is 38.1 Å². The zero-order valence-electron chi connectivity index (χ0n) is 11.1. The van der Waals surface area contributed by atoms with Gasteiger partial charge in [0.1, 0.15) is 0 Å². The van der Waals surface area contributed by atoms with Crippen molar-refractivity contribution in [3.63, 3.8) is 0 Å². The lowest BCUT2D eigenvalue weighted by molar-refractivity contribution is -0.138. The van der Waals surface area contributed by atoms with Crippen molar-refractivity contribution in [2.45, 2.75) is 32.1 Å². The normalized spacial score (nSPS) is 11.1. The summed E-state index contributed by atoms with van der Waals surface area (Å²) in [6.45, 7) is 4.53. The molecular formula is C14H18BrNO3. The van der Waals surface area contributed by atoms with Gasteiger partial charge in [0.05, 0.1) is 6.42 Å². The Bertz CT molecular complexity index is 472. The number of carboxylic acid groups (broad SMARTS) is 1. The first-order valence-electron chi connectivity index (χ1n) is 6.06. The molecule has 2 N–H and O–H groups in total. The Morgan fingerprint density at radius 1 is 1.26 bits per heavy atom. The van der Waals surface area contributed by atoms with Crippen LogP contribution in [0.3, 0.4) is 0 Å². The Labute approximate surface area is 121 Å². The van der Waals surface area contributed by atoms with Gasteiger partial charge in [-0.2, -0.15) is 0 Å². The zero-order chi connectivity index (χ0) is 14.5. The minimum Gasteiger partial charge on any atom is -0.481 e. The lowest BCUT2D eigenvalue weighted by Crippen LogP contribution is -2.37. The van der Waals surface area contributed by atoms with E-state index in [1.165, 1.54) is 0 Å². The van der Waals surface area contributed by atoms with Crippen LogP contribution in [0.4, 0.5) is 0 Å². The maximum atomic E-state index is 11.5. The molecule has 1 rings (SSSR count). The molecule has 1 aromatic carbocycles. The average Bonchev–Trinajstić information content (AvgIpc) is 2.34. The van der Waals surface area contributed by atoms with Crippen LogP contribution in [0.2, 0.25) is 0 Å². The van der Waals surface area contributed by atoms with Crippen molar-refractivity contribution in [2.75, 3.05) is 6.54 Å². The molecular weight excluding hydrogens is 310 g/mol. The molecule has 1 aromatic rings. The van der Waals surface area contributed by atoms with E-state index in [9.17, 15) is 9.59 Å². The number of hydrogen-bond donors (Lipinski definition) is 2. The predicted molar refractivity (Wildman–Crippen MR) is 77.0 cm³/mol. The van der Waals surface area contributed by atoms with E-state index in [-0.39, 0.29) is 24.2 Å². The number of aliphatic carboxylic acids is 1. The monoisotopic (exact) mass is 327 g/mol. The molecule has 0 atom stereocenters. The van der Waals surface area contributed by atoms with Crippen LogP contribution >= 0.6 is 15.9 Å². The number of hydrogen-bond acceptors (Lipinski definition) is 2. The van der Waals surface area contributed by atoms with Crippen LogP contribution in [0.15, 0.2) is 28.7 Å². The third-order valence-electron chi connectivity index (χ3n) is 2.90. The summed E-state index contributed by atoms with van der Waals surface area (Å²) in [6, 6.07) is 7.86. The lowest BCUT2D eigenvalue weighted by Gasteiger charge is -2.26. The Hall–Kier alpha value is -1.36. The van der Waals surface area contributed by atoms with Gasteiger partial charge >= 0.3 is 5.97 Å². The van der Waals surface area contributed by atoms with E-state index in [0.717, 1.165) is 10.0 Å². The zero-order valence-corrected chi connectivity index (χ0v) is 12.7.